The van der Waals surface area contributed by atoms with Gasteiger partial charge in [0.25, 0.3) is 0 Å². The SMILES string of the molecule is Cc1nc(N)c2c(C)c(C)n(CCc3ccc(Br)s3)c2n1. The Labute approximate surface area is 136 Å². The zero-order valence-electron chi connectivity index (χ0n) is 12.3. The number of anilines is 1. The molecule has 0 aliphatic carbocycles. The normalized spacial score (nSPS) is 11.4. The third-order valence-electron chi connectivity index (χ3n) is 3.82. The zero-order valence-corrected chi connectivity index (χ0v) is 14.7. The lowest BCUT2D eigenvalue weighted by molar-refractivity contribution is 0.699. The Balaban J connectivity index is 2.03. The van der Waals surface area contributed by atoms with Gasteiger partial charge in [0.15, 0.2) is 0 Å². The predicted octanol–water partition coefficient (Wildman–Crippen LogP) is 4.01. The van der Waals surface area contributed by atoms with Gasteiger partial charge in [0.05, 0.1) is 9.17 Å². The molecule has 0 atom stereocenters. The zero-order chi connectivity index (χ0) is 15.1. The van der Waals surface area contributed by atoms with Crippen LogP contribution in [-0.2, 0) is 13.0 Å². The maximum absolute atomic E-state index is 6.08. The molecule has 0 aliphatic rings. The van der Waals surface area contributed by atoms with E-state index in [0.29, 0.717) is 5.82 Å². The summed E-state index contributed by atoms with van der Waals surface area (Å²) in [6, 6.07) is 4.26. The highest BCUT2D eigenvalue weighted by Crippen LogP contribution is 2.29. The standard InChI is InChI=1S/C15H17BrN4S/c1-8-9(2)20(7-6-11-4-5-12(16)21-11)15-13(8)14(17)18-10(3)19-15/h4-5H,6-7H2,1-3H3,(H2,17,18,19). The van der Waals surface area contributed by atoms with Crippen molar-refractivity contribution in [3.05, 3.63) is 37.9 Å². The summed E-state index contributed by atoms with van der Waals surface area (Å²) >= 11 is 5.29. The number of halogens is 1. The van der Waals surface area contributed by atoms with Gasteiger partial charge in [0, 0.05) is 17.1 Å². The molecule has 0 fully saturated rings. The largest absolute Gasteiger partial charge is 0.383 e. The molecule has 0 bridgehead atoms. The van der Waals surface area contributed by atoms with Crippen LogP contribution in [0.5, 0.6) is 0 Å². The molecule has 2 N–H and O–H groups in total. The van der Waals surface area contributed by atoms with Crippen molar-refractivity contribution in [2.75, 3.05) is 5.73 Å². The minimum Gasteiger partial charge on any atom is -0.383 e. The van der Waals surface area contributed by atoms with E-state index in [2.05, 4.69) is 56.4 Å². The van der Waals surface area contributed by atoms with Gasteiger partial charge in [-0.1, -0.05) is 0 Å². The molecular weight excluding hydrogens is 348 g/mol. The lowest BCUT2D eigenvalue weighted by Gasteiger charge is -2.07. The second-order valence-corrected chi connectivity index (χ2v) is 7.72. The molecule has 4 nitrogen and oxygen atoms in total. The van der Waals surface area contributed by atoms with Crippen LogP contribution in [0, 0.1) is 20.8 Å². The predicted molar refractivity (Wildman–Crippen MR) is 91.9 cm³/mol. The number of rotatable bonds is 3. The van der Waals surface area contributed by atoms with Crippen molar-refractivity contribution in [1.82, 2.24) is 14.5 Å². The quantitative estimate of drug-likeness (QED) is 0.763. The molecule has 3 aromatic rings. The number of thiophene rings is 1. The van der Waals surface area contributed by atoms with Crippen LogP contribution in [0.15, 0.2) is 15.9 Å². The highest BCUT2D eigenvalue weighted by atomic mass is 79.9. The average molecular weight is 365 g/mol. The first kappa shape index (κ1) is 14.5. The van der Waals surface area contributed by atoms with E-state index in [1.54, 1.807) is 11.3 Å². The van der Waals surface area contributed by atoms with Gasteiger partial charge in [-0.15, -0.1) is 11.3 Å². The van der Waals surface area contributed by atoms with Crippen molar-refractivity contribution in [3.63, 3.8) is 0 Å². The summed E-state index contributed by atoms with van der Waals surface area (Å²) in [4.78, 5) is 10.3. The number of nitrogens with two attached hydrogens (primary N) is 1. The molecule has 110 valence electrons. The van der Waals surface area contributed by atoms with Gasteiger partial charge in [0.2, 0.25) is 0 Å². The minimum atomic E-state index is 0.579. The molecule has 0 aromatic carbocycles. The Kier molecular flexibility index (Phi) is 3.75. The fourth-order valence-corrected chi connectivity index (χ4v) is 4.13. The van der Waals surface area contributed by atoms with Crippen molar-refractivity contribution in [3.8, 4) is 0 Å². The molecule has 3 rings (SSSR count). The maximum Gasteiger partial charge on any atom is 0.146 e. The van der Waals surface area contributed by atoms with E-state index in [1.807, 2.05) is 6.92 Å². The molecule has 0 aliphatic heterocycles. The highest BCUT2D eigenvalue weighted by Gasteiger charge is 2.16. The van der Waals surface area contributed by atoms with E-state index in [1.165, 1.54) is 19.9 Å². The van der Waals surface area contributed by atoms with E-state index < -0.39 is 0 Å². The summed E-state index contributed by atoms with van der Waals surface area (Å²) in [6.07, 6.45) is 0.989. The van der Waals surface area contributed by atoms with E-state index in [4.69, 9.17) is 5.73 Å². The van der Waals surface area contributed by atoms with E-state index >= 15 is 0 Å². The molecule has 0 saturated heterocycles. The molecule has 0 radical (unpaired) electrons. The lowest BCUT2D eigenvalue weighted by Crippen LogP contribution is -2.05. The van der Waals surface area contributed by atoms with Gasteiger partial charge in [-0.05, 0) is 60.8 Å². The number of fused-ring (bicyclic) bond motifs is 1. The third kappa shape index (κ3) is 2.58. The second kappa shape index (κ2) is 5.42. The number of hydrogen-bond acceptors (Lipinski definition) is 4. The Hall–Kier alpha value is -1.40. The summed E-state index contributed by atoms with van der Waals surface area (Å²) in [6.45, 7) is 6.99. The van der Waals surface area contributed by atoms with Crippen molar-refractivity contribution < 1.29 is 0 Å². The molecule has 0 spiro atoms. The lowest BCUT2D eigenvalue weighted by atomic mass is 10.2. The monoisotopic (exact) mass is 364 g/mol. The first-order valence-electron chi connectivity index (χ1n) is 6.81. The van der Waals surface area contributed by atoms with E-state index in [-0.39, 0.29) is 0 Å². The van der Waals surface area contributed by atoms with E-state index in [0.717, 1.165) is 29.8 Å². The number of aromatic nitrogens is 3. The number of nitrogen functional groups attached to an aromatic ring is 1. The van der Waals surface area contributed by atoms with Crippen molar-refractivity contribution in [2.45, 2.75) is 33.7 Å². The van der Waals surface area contributed by atoms with Gasteiger partial charge in [-0.2, -0.15) is 0 Å². The van der Waals surface area contributed by atoms with Gasteiger partial charge in [-0.25, -0.2) is 9.97 Å². The fourth-order valence-electron chi connectivity index (χ4n) is 2.66. The topological polar surface area (TPSA) is 56.7 Å². The average Bonchev–Trinajstić information content (AvgIpc) is 2.92. The van der Waals surface area contributed by atoms with Crippen LogP contribution in [0.2, 0.25) is 0 Å². The fraction of sp³-hybridized carbons (Fsp3) is 0.333. The van der Waals surface area contributed by atoms with Crippen LogP contribution in [-0.4, -0.2) is 14.5 Å². The van der Waals surface area contributed by atoms with Crippen LogP contribution in [0.25, 0.3) is 11.0 Å². The van der Waals surface area contributed by atoms with Crippen LogP contribution < -0.4 is 5.73 Å². The van der Waals surface area contributed by atoms with Gasteiger partial charge < -0.3 is 10.3 Å². The smallest absolute Gasteiger partial charge is 0.146 e. The van der Waals surface area contributed by atoms with E-state index in [9.17, 15) is 0 Å². The van der Waals surface area contributed by atoms with Crippen LogP contribution >= 0.6 is 27.3 Å². The molecule has 0 amide bonds. The van der Waals surface area contributed by atoms with Gasteiger partial charge >= 0.3 is 0 Å². The molecule has 6 heteroatoms. The van der Waals surface area contributed by atoms with Gasteiger partial charge in [-0.3, -0.25) is 0 Å². The summed E-state index contributed by atoms with van der Waals surface area (Å²) in [5.74, 6) is 1.30. The van der Waals surface area contributed by atoms with Crippen molar-refractivity contribution in [2.24, 2.45) is 0 Å². The summed E-state index contributed by atoms with van der Waals surface area (Å²) in [5, 5.41) is 0.991. The first-order valence-corrected chi connectivity index (χ1v) is 8.42. The molecule has 0 unspecified atom stereocenters. The Morgan fingerprint density at radius 1 is 1.24 bits per heavy atom. The first-order chi connectivity index (χ1) is 9.97. The van der Waals surface area contributed by atoms with Crippen LogP contribution in [0.4, 0.5) is 5.82 Å². The maximum atomic E-state index is 6.08. The Bertz CT molecular complexity index is 819. The third-order valence-corrected chi connectivity index (χ3v) is 5.50. The molecule has 0 saturated carbocycles. The molecular formula is C15H17BrN4S. The molecule has 3 heterocycles. The number of nitrogens with zero attached hydrogens (tertiary/aromatic N) is 3. The Morgan fingerprint density at radius 3 is 2.67 bits per heavy atom. The van der Waals surface area contributed by atoms with Gasteiger partial charge in [0.1, 0.15) is 17.3 Å². The second-order valence-electron chi connectivity index (χ2n) is 5.17. The number of hydrogen-bond donors (Lipinski definition) is 1. The van der Waals surface area contributed by atoms with Crippen LogP contribution in [0.1, 0.15) is 22.0 Å². The summed E-state index contributed by atoms with van der Waals surface area (Å²) in [5.41, 5.74) is 9.42. The summed E-state index contributed by atoms with van der Waals surface area (Å²) < 4.78 is 3.42. The Morgan fingerprint density at radius 2 is 2.00 bits per heavy atom. The highest BCUT2D eigenvalue weighted by molar-refractivity contribution is 9.11. The van der Waals surface area contributed by atoms with Crippen molar-refractivity contribution in [1.29, 1.82) is 0 Å². The van der Waals surface area contributed by atoms with Crippen LogP contribution in [0.3, 0.4) is 0 Å². The van der Waals surface area contributed by atoms with Crippen molar-refractivity contribution >= 4 is 44.1 Å². The summed E-state index contributed by atoms with van der Waals surface area (Å²) in [7, 11) is 0. The molecule has 21 heavy (non-hydrogen) atoms. The molecule has 3 aromatic heterocycles. The number of aryl methyl sites for hydroxylation is 4. The minimum absolute atomic E-state index is 0.579.